The minimum atomic E-state index is -3.73. The highest BCUT2D eigenvalue weighted by atomic mass is 35.5. The zero-order valence-electron chi connectivity index (χ0n) is 14.4. The summed E-state index contributed by atoms with van der Waals surface area (Å²) in [6.45, 7) is 5.42. The maximum absolute atomic E-state index is 13.0. The van der Waals surface area contributed by atoms with Crippen molar-refractivity contribution in [1.82, 2.24) is 19.5 Å². The van der Waals surface area contributed by atoms with Crippen LogP contribution in [0, 0.1) is 6.92 Å². The van der Waals surface area contributed by atoms with Gasteiger partial charge in [0, 0.05) is 23.3 Å². The number of aromatic nitrogens is 4. The molecule has 0 N–H and O–H groups in total. The Morgan fingerprint density at radius 3 is 2.65 bits per heavy atom. The topological polar surface area (TPSA) is 85.7 Å². The first-order valence-electron chi connectivity index (χ1n) is 7.60. The number of hydrogen-bond acceptors (Lipinski definition) is 6. The maximum atomic E-state index is 13.0. The van der Waals surface area contributed by atoms with E-state index in [4.69, 9.17) is 11.6 Å². The first-order valence-corrected chi connectivity index (χ1v) is 9.96. The standard InChI is InChI=1S/C15H16ClF2N5O2S/c1-8(2)26(4,24)22-13-9(3)19-11-7-10(5-6-23(11)13)12-20-14(25-21-12)15(16,17)18/h5-8H,1-4H3. The predicted molar refractivity (Wildman–Crippen MR) is 94.3 cm³/mol. The Labute approximate surface area is 153 Å². The summed E-state index contributed by atoms with van der Waals surface area (Å²) in [6, 6.07) is 3.20. The molecule has 0 saturated heterocycles. The summed E-state index contributed by atoms with van der Waals surface area (Å²) >= 11 is 4.88. The van der Waals surface area contributed by atoms with Gasteiger partial charge < -0.3 is 4.52 Å². The molecule has 3 aromatic rings. The van der Waals surface area contributed by atoms with Crippen LogP contribution in [0.4, 0.5) is 14.6 Å². The van der Waals surface area contributed by atoms with Gasteiger partial charge in [0.15, 0.2) is 5.82 Å². The summed E-state index contributed by atoms with van der Waals surface area (Å²) < 4.78 is 49.2. The van der Waals surface area contributed by atoms with Gasteiger partial charge in [-0.2, -0.15) is 18.1 Å². The highest BCUT2D eigenvalue weighted by molar-refractivity contribution is 7.93. The SMILES string of the molecule is Cc1nc2cc(-c3noc(C(F)(F)Cl)n3)ccn2c1N=S(C)(=O)C(C)C. The van der Waals surface area contributed by atoms with Crippen molar-refractivity contribution in [3.05, 3.63) is 29.9 Å². The Kier molecular flexibility index (Phi) is 4.51. The van der Waals surface area contributed by atoms with Crippen molar-refractivity contribution in [3.8, 4) is 11.4 Å². The molecule has 1 atom stereocenters. The molecule has 26 heavy (non-hydrogen) atoms. The Morgan fingerprint density at radius 1 is 1.38 bits per heavy atom. The molecule has 0 bridgehead atoms. The molecule has 0 aliphatic heterocycles. The lowest BCUT2D eigenvalue weighted by molar-refractivity contribution is 0.0551. The van der Waals surface area contributed by atoms with E-state index in [0.29, 0.717) is 22.7 Å². The highest BCUT2D eigenvalue weighted by Crippen LogP contribution is 2.32. The third-order valence-corrected chi connectivity index (χ3v) is 6.28. The predicted octanol–water partition coefficient (Wildman–Crippen LogP) is 4.12. The Bertz CT molecular complexity index is 1090. The molecule has 0 aliphatic rings. The third kappa shape index (κ3) is 3.43. The Balaban J connectivity index is 2.10. The number of nitrogens with zero attached hydrogens (tertiary/aromatic N) is 5. The molecule has 0 aliphatic carbocycles. The van der Waals surface area contributed by atoms with E-state index >= 15 is 0 Å². The summed E-state index contributed by atoms with van der Waals surface area (Å²) in [7, 11) is -2.43. The van der Waals surface area contributed by atoms with Gasteiger partial charge in [-0.05, 0) is 30.7 Å². The molecule has 7 nitrogen and oxygen atoms in total. The number of alkyl halides is 3. The van der Waals surface area contributed by atoms with Gasteiger partial charge in [0.05, 0.1) is 15.4 Å². The van der Waals surface area contributed by atoms with Crippen LogP contribution in [0.1, 0.15) is 25.4 Å². The number of hydrogen-bond donors (Lipinski definition) is 0. The second-order valence-electron chi connectivity index (χ2n) is 6.09. The van der Waals surface area contributed by atoms with Crippen LogP contribution in [-0.4, -0.2) is 35.2 Å². The lowest BCUT2D eigenvalue weighted by atomic mass is 10.2. The minimum absolute atomic E-state index is 0.0385. The molecule has 140 valence electrons. The van der Waals surface area contributed by atoms with Crippen molar-refractivity contribution in [2.24, 2.45) is 4.36 Å². The maximum Gasteiger partial charge on any atom is 0.400 e. The first kappa shape index (κ1) is 18.7. The second-order valence-corrected chi connectivity index (χ2v) is 9.41. The van der Waals surface area contributed by atoms with Crippen molar-refractivity contribution in [2.75, 3.05) is 6.26 Å². The molecule has 0 fully saturated rings. The fourth-order valence-corrected chi connectivity index (χ4v) is 2.98. The second kappa shape index (κ2) is 6.27. The van der Waals surface area contributed by atoms with Crippen LogP contribution < -0.4 is 0 Å². The first-order chi connectivity index (χ1) is 12.0. The lowest BCUT2D eigenvalue weighted by Crippen LogP contribution is -2.10. The minimum Gasteiger partial charge on any atom is -0.331 e. The van der Waals surface area contributed by atoms with Crippen LogP contribution >= 0.6 is 11.6 Å². The van der Waals surface area contributed by atoms with Gasteiger partial charge in [0.25, 0.3) is 0 Å². The summed E-state index contributed by atoms with van der Waals surface area (Å²) in [4.78, 5) is 7.99. The normalized spacial score (nSPS) is 14.8. The molecule has 0 spiro atoms. The van der Waals surface area contributed by atoms with Crippen molar-refractivity contribution in [2.45, 2.75) is 31.4 Å². The van der Waals surface area contributed by atoms with E-state index in [1.54, 1.807) is 35.9 Å². The Hall–Kier alpha value is -2.07. The molecule has 11 heteroatoms. The van der Waals surface area contributed by atoms with Crippen molar-refractivity contribution < 1.29 is 17.5 Å². The van der Waals surface area contributed by atoms with Gasteiger partial charge >= 0.3 is 11.3 Å². The number of halogens is 3. The number of aryl methyl sites for hydroxylation is 1. The summed E-state index contributed by atoms with van der Waals surface area (Å²) in [5, 5.41) is -0.341. The lowest BCUT2D eigenvalue weighted by Gasteiger charge is -2.08. The van der Waals surface area contributed by atoms with Crippen LogP contribution in [0.25, 0.3) is 17.0 Å². The molecule has 3 heterocycles. The quantitative estimate of drug-likeness (QED) is 0.611. The summed E-state index contributed by atoms with van der Waals surface area (Å²) in [6.07, 6.45) is 3.23. The van der Waals surface area contributed by atoms with E-state index < -0.39 is 21.0 Å². The monoisotopic (exact) mass is 403 g/mol. The average Bonchev–Trinajstić information content (AvgIpc) is 3.12. The molecule has 1 unspecified atom stereocenters. The molecule has 0 amide bonds. The highest BCUT2D eigenvalue weighted by Gasteiger charge is 2.35. The van der Waals surface area contributed by atoms with Crippen LogP contribution in [0.5, 0.6) is 0 Å². The van der Waals surface area contributed by atoms with E-state index in [0.717, 1.165) is 0 Å². The fraction of sp³-hybridized carbons (Fsp3) is 0.400. The molecular formula is C15H16ClF2N5O2S. The van der Waals surface area contributed by atoms with E-state index in [-0.39, 0.29) is 11.1 Å². The number of fused-ring (bicyclic) bond motifs is 1. The van der Waals surface area contributed by atoms with Crippen molar-refractivity contribution in [1.29, 1.82) is 0 Å². The van der Waals surface area contributed by atoms with Crippen LogP contribution in [-0.2, 0) is 15.1 Å². The smallest absolute Gasteiger partial charge is 0.331 e. The summed E-state index contributed by atoms with van der Waals surface area (Å²) in [5.41, 5.74) is 1.51. The van der Waals surface area contributed by atoms with E-state index in [9.17, 15) is 13.0 Å². The van der Waals surface area contributed by atoms with Gasteiger partial charge in [-0.1, -0.05) is 19.0 Å². The molecule has 3 aromatic heterocycles. The zero-order valence-corrected chi connectivity index (χ0v) is 16.0. The summed E-state index contributed by atoms with van der Waals surface area (Å²) in [5.74, 6) is -0.538. The molecular weight excluding hydrogens is 388 g/mol. The largest absolute Gasteiger partial charge is 0.400 e. The Morgan fingerprint density at radius 2 is 2.08 bits per heavy atom. The van der Waals surface area contributed by atoms with Crippen LogP contribution in [0.15, 0.2) is 27.2 Å². The number of rotatable bonds is 4. The zero-order chi connectivity index (χ0) is 19.3. The van der Waals surface area contributed by atoms with E-state index in [1.807, 2.05) is 13.8 Å². The fourth-order valence-electron chi connectivity index (χ4n) is 2.13. The van der Waals surface area contributed by atoms with Gasteiger partial charge in [-0.25, -0.2) is 9.19 Å². The van der Waals surface area contributed by atoms with Crippen LogP contribution in [0.3, 0.4) is 0 Å². The van der Waals surface area contributed by atoms with Gasteiger partial charge in [0.2, 0.25) is 5.82 Å². The number of imidazole rings is 1. The van der Waals surface area contributed by atoms with E-state index in [1.165, 1.54) is 0 Å². The molecule has 3 rings (SSSR count). The molecule has 0 saturated carbocycles. The van der Waals surface area contributed by atoms with Gasteiger partial charge in [-0.3, -0.25) is 4.40 Å². The van der Waals surface area contributed by atoms with Crippen LogP contribution in [0.2, 0.25) is 0 Å². The molecule has 0 aromatic carbocycles. The van der Waals surface area contributed by atoms with E-state index in [2.05, 4.69) is 24.0 Å². The third-order valence-electron chi connectivity index (χ3n) is 3.84. The van der Waals surface area contributed by atoms with Gasteiger partial charge in [0.1, 0.15) is 5.65 Å². The average molecular weight is 404 g/mol. The van der Waals surface area contributed by atoms with Crippen molar-refractivity contribution >= 4 is 32.8 Å². The van der Waals surface area contributed by atoms with Crippen molar-refractivity contribution in [3.63, 3.8) is 0 Å². The van der Waals surface area contributed by atoms with Gasteiger partial charge in [-0.15, -0.1) is 0 Å². The number of pyridine rings is 1. The molecule has 0 radical (unpaired) electrons.